The van der Waals surface area contributed by atoms with Crippen molar-refractivity contribution in [2.24, 2.45) is 23.7 Å². The lowest BCUT2D eigenvalue weighted by atomic mass is 9.58. The molecule has 5 aliphatic rings. The van der Waals surface area contributed by atoms with Crippen LogP contribution in [0.4, 0.5) is 5.69 Å². The highest BCUT2D eigenvalue weighted by Crippen LogP contribution is 2.52. The van der Waals surface area contributed by atoms with Crippen LogP contribution in [-0.4, -0.2) is 48.0 Å². The molecule has 2 amide bonds. The van der Waals surface area contributed by atoms with Gasteiger partial charge in [0.25, 0.3) is 5.91 Å². The maximum Gasteiger partial charge on any atom is 0.310 e. The number of likely N-dealkylation sites (tertiary alicyclic amines) is 1. The van der Waals surface area contributed by atoms with E-state index < -0.39 is 5.66 Å². The first kappa shape index (κ1) is 20.3. The predicted octanol–water partition coefficient (Wildman–Crippen LogP) is 2.78. The molecule has 1 spiro atoms. The maximum absolute atomic E-state index is 13.5. The van der Waals surface area contributed by atoms with Gasteiger partial charge in [-0.2, -0.15) is 0 Å². The lowest BCUT2D eigenvalue weighted by Gasteiger charge is -2.57. The molecule has 3 saturated carbocycles. The number of nitrogens with one attached hydrogen (secondary N) is 2. The zero-order chi connectivity index (χ0) is 21.6. The number of carbonyl (C=O) groups is 3. The molecule has 1 aromatic carbocycles. The predicted molar refractivity (Wildman–Crippen MR) is 115 cm³/mol. The fourth-order valence-corrected chi connectivity index (χ4v) is 6.31. The van der Waals surface area contributed by atoms with Gasteiger partial charge < -0.3 is 20.3 Å². The molecular formula is C24H31N3O4. The number of para-hydroxylation sites is 1. The summed E-state index contributed by atoms with van der Waals surface area (Å²) in [6.07, 6.45) is 5.20. The average Bonchev–Trinajstić information content (AvgIpc) is 2.79. The van der Waals surface area contributed by atoms with Gasteiger partial charge in [-0.15, -0.1) is 0 Å². The van der Waals surface area contributed by atoms with Crippen LogP contribution in [0.3, 0.4) is 0 Å². The normalized spacial score (nSPS) is 34.0. The first-order chi connectivity index (χ1) is 15.0. The molecule has 0 radical (unpaired) electrons. The molecule has 4 fully saturated rings. The summed E-state index contributed by atoms with van der Waals surface area (Å²) in [6, 6.07) is 7.63. The summed E-state index contributed by atoms with van der Waals surface area (Å²) in [7, 11) is 0. The Bertz CT molecular complexity index is 903. The topological polar surface area (TPSA) is 87.7 Å². The van der Waals surface area contributed by atoms with Gasteiger partial charge in [-0.3, -0.25) is 14.4 Å². The molecule has 6 rings (SSSR count). The monoisotopic (exact) mass is 425 g/mol. The summed E-state index contributed by atoms with van der Waals surface area (Å²) in [6.45, 7) is 3.38. The molecule has 2 heterocycles. The Balaban J connectivity index is 1.30. The fraction of sp³-hybridized carbons (Fsp3) is 0.625. The Hall–Kier alpha value is -2.57. The van der Waals surface area contributed by atoms with Crippen LogP contribution in [0.5, 0.6) is 0 Å². The van der Waals surface area contributed by atoms with Crippen molar-refractivity contribution in [3.8, 4) is 0 Å². The van der Waals surface area contributed by atoms with Gasteiger partial charge in [0, 0.05) is 30.6 Å². The van der Waals surface area contributed by atoms with E-state index in [4.69, 9.17) is 4.74 Å². The van der Waals surface area contributed by atoms with Crippen LogP contribution in [-0.2, 0) is 14.3 Å². The molecule has 166 valence electrons. The van der Waals surface area contributed by atoms with Crippen LogP contribution in [0.25, 0.3) is 0 Å². The van der Waals surface area contributed by atoms with Crippen molar-refractivity contribution in [2.75, 3.05) is 25.0 Å². The van der Waals surface area contributed by atoms with E-state index >= 15 is 0 Å². The summed E-state index contributed by atoms with van der Waals surface area (Å²) >= 11 is 0. The lowest BCUT2D eigenvalue weighted by molar-refractivity contribution is -0.153. The molecule has 1 saturated heterocycles. The third kappa shape index (κ3) is 3.48. The third-order valence-electron chi connectivity index (χ3n) is 7.81. The molecule has 3 aliphatic carbocycles. The Morgan fingerprint density at radius 2 is 2.03 bits per heavy atom. The standard InChI is InChI=1S/C24H31N3O4/c1-2-31-23(30)16-6-5-11-27(14-16)22(29)19-12-17-10-9-15(19)13-24(17)25-20-8-4-3-7-18(20)21(28)26-24/h3-4,7-8,15-17,19,25H,2,5-6,9-14H2,1H3,(H,26,28)/t15?,16?,17?,19?,24-/m1/s1. The van der Waals surface area contributed by atoms with Crippen LogP contribution in [0, 0.1) is 23.7 Å². The number of piperidine rings is 1. The van der Waals surface area contributed by atoms with Crippen LogP contribution in [0.1, 0.15) is 55.8 Å². The Morgan fingerprint density at radius 3 is 2.81 bits per heavy atom. The largest absolute Gasteiger partial charge is 0.466 e. The highest BCUT2D eigenvalue weighted by Gasteiger charge is 2.55. The number of nitrogens with zero attached hydrogens (tertiary/aromatic N) is 1. The van der Waals surface area contributed by atoms with Gasteiger partial charge in [0.2, 0.25) is 5.91 Å². The summed E-state index contributed by atoms with van der Waals surface area (Å²) < 4.78 is 5.19. The minimum atomic E-state index is -0.458. The average molecular weight is 426 g/mol. The van der Waals surface area contributed by atoms with Crippen molar-refractivity contribution in [3.05, 3.63) is 29.8 Å². The smallest absolute Gasteiger partial charge is 0.310 e. The van der Waals surface area contributed by atoms with Crippen molar-refractivity contribution in [2.45, 2.75) is 51.1 Å². The van der Waals surface area contributed by atoms with E-state index in [1.807, 2.05) is 36.1 Å². The van der Waals surface area contributed by atoms with Gasteiger partial charge >= 0.3 is 5.97 Å². The van der Waals surface area contributed by atoms with E-state index in [1.165, 1.54) is 0 Å². The first-order valence-corrected chi connectivity index (χ1v) is 11.7. The van der Waals surface area contributed by atoms with Crippen molar-refractivity contribution >= 4 is 23.5 Å². The molecule has 7 nitrogen and oxygen atoms in total. The quantitative estimate of drug-likeness (QED) is 0.727. The molecule has 4 unspecified atom stereocenters. The van der Waals surface area contributed by atoms with Crippen LogP contribution < -0.4 is 10.6 Å². The first-order valence-electron chi connectivity index (χ1n) is 11.7. The van der Waals surface area contributed by atoms with E-state index in [9.17, 15) is 14.4 Å². The fourth-order valence-electron chi connectivity index (χ4n) is 6.31. The van der Waals surface area contributed by atoms with Gasteiger partial charge in [-0.05, 0) is 63.5 Å². The van der Waals surface area contributed by atoms with Crippen LogP contribution in [0.15, 0.2) is 24.3 Å². The number of hydrogen-bond donors (Lipinski definition) is 2. The van der Waals surface area contributed by atoms with Crippen LogP contribution >= 0.6 is 0 Å². The number of ether oxygens (including phenoxy) is 1. The highest BCUT2D eigenvalue weighted by molar-refractivity contribution is 6.02. The minimum absolute atomic E-state index is 0.0267. The zero-order valence-electron chi connectivity index (χ0n) is 18.1. The second-order valence-electron chi connectivity index (χ2n) is 9.55. The molecule has 2 aliphatic heterocycles. The van der Waals surface area contributed by atoms with E-state index in [0.29, 0.717) is 18.7 Å². The Kier molecular flexibility index (Phi) is 5.15. The Labute approximate surface area is 182 Å². The van der Waals surface area contributed by atoms with Crippen molar-refractivity contribution < 1.29 is 19.1 Å². The van der Waals surface area contributed by atoms with E-state index in [-0.39, 0.29) is 41.5 Å². The second-order valence-corrected chi connectivity index (χ2v) is 9.55. The SMILES string of the molecule is CCOC(=O)C1CCCN(C(=O)C2CC3CCC2C[C@@]32NC(=O)c3ccccc3N2)C1. The van der Waals surface area contributed by atoms with Gasteiger partial charge in [0.15, 0.2) is 0 Å². The molecule has 7 heteroatoms. The van der Waals surface area contributed by atoms with Gasteiger partial charge in [0.05, 0.1) is 18.1 Å². The lowest BCUT2D eigenvalue weighted by Crippen LogP contribution is -2.68. The molecule has 2 N–H and O–H groups in total. The van der Waals surface area contributed by atoms with Crippen molar-refractivity contribution in [1.82, 2.24) is 10.2 Å². The van der Waals surface area contributed by atoms with E-state index in [2.05, 4.69) is 10.6 Å². The Morgan fingerprint density at radius 1 is 1.19 bits per heavy atom. The van der Waals surface area contributed by atoms with Crippen molar-refractivity contribution in [1.29, 1.82) is 0 Å². The number of hydrogen-bond acceptors (Lipinski definition) is 5. The molecular weight excluding hydrogens is 394 g/mol. The number of carbonyl (C=O) groups excluding carboxylic acids is 3. The molecule has 5 atom stereocenters. The minimum Gasteiger partial charge on any atom is -0.466 e. The van der Waals surface area contributed by atoms with Gasteiger partial charge in [-0.25, -0.2) is 0 Å². The summed E-state index contributed by atoms with van der Waals surface area (Å²) in [5.74, 6) is 0.186. The summed E-state index contributed by atoms with van der Waals surface area (Å²) in [5.41, 5.74) is 1.11. The number of fused-ring (bicyclic) bond motifs is 3. The number of rotatable bonds is 3. The van der Waals surface area contributed by atoms with Gasteiger partial charge in [0.1, 0.15) is 5.66 Å². The second kappa shape index (κ2) is 7.84. The van der Waals surface area contributed by atoms with Crippen LogP contribution in [0.2, 0.25) is 0 Å². The highest BCUT2D eigenvalue weighted by atomic mass is 16.5. The van der Waals surface area contributed by atoms with E-state index in [1.54, 1.807) is 0 Å². The molecule has 31 heavy (non-hydrogen) atoms. The maximum atomic E-state index is 13.5. The number of amides is 2. The molecule has 1 aromatic rings. The zero-order valence-corrected chi connectivity index (χ0v) is 18.1. The summed E-state index contributed by atoms with van der Waals surface area (Å²) in [5, 5.41) is 6.89. The number of anilines is 1. The number of benzene rings is 1. The molecule has 2 bridgehead atoms. The number of esters is 1. The van der Waals surface area contributed by atoms with Crippen molar-refractivity contribution in [3.63, 3.8) is 0 Å². The third-order valence-corrected chi connectivity index (χ3v) is 7.81. The van der Waals surface area contributed by atoms with Gasteiger partial charge in [-0.1, -0.05) is 12.1 Å². The molecule has 0 aromatic heterocycles. The summed E-state index contributed by atoms with van der Waals surface area (Å²) in [4.78, 5) is 40.3. The van der Waals surface area contributed by atoms with E-state index in [0.717, 1.165) is 50.8 Å².